The van der Waals surface area contributed by atoms with E-state index in [1.54, 1.807) is 36.4 Å². The van der Waals surface area contributed by atoms with Crippen LogP contribution in [0, 0.1) is 11.3 Å². The lowest BCUT2D eigenvalue weighted by molar-refractivity contribution is -0.147. The van der Waals surface area contributed by atoms with Crippen LogP contribution in [0.1, 0.15) is 12.0 Å². The van der Waals surface area contributed by atoms with Gasteiger partial charge >= 0.3 is 5.97 Å². The number of amides is 1. The minimum absolute atomic E-state index is 0.0759. The number of hydrogen-bond donors (Lipinski definition) is 0. The second kappa shape index (κ2) is 11.3. The van der Waals surface area contributed by atoms with Crippen molar-refractivity contribution in [1.82, 2.24) is 0 Å². The van der Waals surface area contributed by atoms with E-state index in [-0.39, 0.29) is 19.4 Å². The van der Waals surface area contributed by atoms with Crippen LogP contribution >= 0.6 is 0 Å². The first-order valence-corrected chi connectivity index (χ1v) is 9.20. The van der Waals surface area contributed by atoms with Crippen molar-refractivity contribution in [3.63, 3.8) is 0 Å². The third kappa shape index (κ3) is 5.88. The zero-order chi connectivity index (χ0) is 21.9. The lowest BCUT2D eigenvalue weighted by Gasteiger charge is -2.21. The average molecular weight is 412 g/mol. The highest BCUT2D eigenvalue weighted by Crippen LogP contribution is 2.38. The summed E-state index contributed by atoms with van der Waals surface area (Å²) in [6, 6.07) is 14.2. The summed E-state index contributed by atoms with van der Waals surface area (Å²) in [5, 5.41) is 8.85. The number of carbonyl (C=O) groups excluding carboxylic acids is 2. The van der Waals surface area contributed by atoms with Crippen LogP contribution in [0.15, 0.2) is 42.5 Å². The van der Waals surface area contributed by atoms with Crippen molar-refractivity contribution >= 4 is 17.6 Å². The maximum Gasteiger partial charge on any atom is 0.310 e. The maximum absolute atomic E-state index is 12.6. The topological polar surface area (TPSA) is 98.1 Å². The van der Waals surface area contributed by atoms with E-state index in [0.717, 1.165) is 0 Å². The standard InChI is InChI=1S/C22H24N2O6/c1-27-18-12-16(13-19(28-2)22(18)29-3)14-21(26)30-15-20(25)24(11-7-10-23)17-8-5-4-6-9-17/h4-6,8-9,12-13H,7,11,14-15H2,1-3H3. The number of methoxy groups -OCH3 is 3. The fourth-order valence-electron chi connectivity index (χ4n) is 2.84. The Bertz CT molecular complexity index is 883. The van der Waals surface area contributed by atoms with E-state index < -0.39 is 18.5 Å². The summed E-state index contributed by atoms with van der Waals surface area (Å²) in [6.45, 7) is -0.215. The Morgan fingerprint density at radius 1 is 1.00 bits per heavy atom. The summed E-state index contributed by atoms with van der Waals surface area (Å²) < 4.78 is 21.0. The van der Waals surface area contributed by atoms with Crippen molar-refractivity contribution in [2.24, 2.45) is 0 Å². The van der Waals surface area contributed by atoms with Crippen molar-refractivity contribution < 1.29 is 28.5 Å². The van der Waals surface area contributed by atoms with Gasteiger partial charge in [-0.05, 0) is 29.8 Å². The summed E-state index contributed by atoms with van der Waals surface area (Å²) >= 11 is 0. The molecule has 0 fully saturated rings. The highest BCUT2D eigenvalue weighted by molar-refractivity contribution is 5.95. The Hall–Kier alpha value is -3.73. The van der Waals surface area contributed by atoms with Gasteiger partial charge in [-0.2, -0.15) is 5.26 Å². The fraction of sp³-hybridized carbons (Fsp3) is 0.318. The minimum Gasteiger partial charge on any atom is -0.493 e. The molecule has 30 heavy (non-hydrogen) atoms. The first-order valence-electron chi connectivity index (χ1n) is 9.20. The molecular weight excluding hydrogens is 388 g/mol. The number of ether oxygens (including phenoxy) is 4. The normalized spacial score (nSPS) is 9.93. The van der Waals surface area contributed by atoms with E-state index >= 15 is 0 Å². The van der Waals surface area contributed by atoms with Crippen LogP contribution in [0.4, 0.5) is 5.69 Å². The molecule has 1 amide bonds. The highest BCUT2D eigenvalue weighted by atomic mass is 16.5. The predicted molar refractivity (Wildman–Crippen MR) is 110 cm³/mol. The van der Waals surface area contributed by atoms with E-state index in [9.17, 15) is 9.59 Å². The Morgan fingerprint density at radius 3 is 2.17 bits per heavy atom. The molecule has 0 N–H and O–H groups in total. The van der Waals surface area contributed by atoms with Gasteiger partial charge < -0.3 is 23.8 Å². The molecule has 8 nitrogen and oxygen atoms in total. The molecule has 2 aromatic rings. The quantitative estimate of drug-likeness (QED) is 0.553. The van der Waals surface area contributed by atoms with Gasteiger partial charge in [0.1, 0.15) is 0 Å². The number of rotatable bonds is 10. The Kier molecular flexibility index (Phi) is 8.51. The van der Waals surface area contributed by atoms with Gasteiger partial charge in [0.25, 0.3) is 5.91 Å². The number of carbonyl (C=O) groups is 2. The number of benzene rings is 2. The first-order chi connectivity index (χ1) is 14.5. The monoisotopic (exact) mass is 412 g/mol. The number of esters is 1. The largest absolute Gasteiger partial charge is 0.493 e. The van der Waals surface area contributed by atoms with Gasteiger partial charge in [-0.15, -0.1) is 0 Å². The number of nitrogens with zero attached hydrogens (tertiary/aromatic N) is 2. The molecule has 2 rings (SSSR count). The Labute approximate surface area is 175 Å². The van der Waals surface area contributed by atoms with Crippen LogP contribution in [-0.2, 0) is 20.7 Å². The van der Waals surface area contributed by atoms with Crippen LogP contribution in [0.2, 0.25) is 0 Å². The van der Waals surface area contributed by atoms with Crippen molar-refractivity contribution in [2.45, 2.75) is 12.8 Å². The van der Waals surface area contributed by atoms with Crippen molar-refractivity contribution in [2.75, 3.05) is 39.4 Å². The van der Waals surface area contributed by atoms with Gasteiger partial charge in [-0.1, -0.05) is 18.2 Å². The molecule has 0 aliphatic carbocycles. The summed E-state index contributed by atoms with van der Waals surface area (Å²) in [7, 11) is 4.46. The van der Waals surface area contributed by atoms with Crippen molar-refractivity contribution in [1.29, 1.82) is 5.26 Å². The van der Waals surface area contributed by atoms with Gasteiger partial charge in [0.2, 0.25) is 5.75 Å². The molecule has 8 heteroatoms. The van der Waals surface area contributed by atoms with Crippen LogP contribution in [0.3, 0.4) is 0 Å². The smallest absolute Gasteiger partial charge is 0.310 e. The lowest BCUT2D eigenvalue weighted by atomic mass is 10.1. The molecule has 0 spiro atoms. The average Bonchev–Trinajstić information content (AvgIpc) is 2.77. The van der Waals surface area contributed by atoms with Gasteiger partial charge in [-0.25, -0.2) is 0 Å². The Balaban J connectivity index is 2.04. The van der Waals surface area contributed by atoms with Crippen LogP contribution in [-0.4, -0.2) is 46.4 Å². The first kappa shape index (κ1) is 22.6. The molecule has 0 heterocycles. The molecule has 0 unspecified atom stereocenters. The number of hydrogen-bond acceptors (Lipinski definition) is 7. The molecule has 0 aliphatic rings. The van der Waals surface area contributed by atoms with Crippen LogP contribution in [0.25, 0.3) is 0 Å². The van der Waals surface area contributed by atoms with E-state index in [0.29, 0.717) is 28.5 Å². The zero-order valence-corrected chi connectivity index (χ0v) is 17.2. The predicted octanol–water partition coefficient (Wildman–Crippen LogP) is 2.74. The summed E-state index contributed by atoms with van der Waals surface area (Å²) in [6.07, 6.45) is 0.0908. The number of para-hydroxylation sites is 1. The Morgan fingerprint density at radius 2 is 1.63 bits per heavy atom. The number of anilines is 1. The molecule has 0 bridgehead atoms. The van der Waals surface area contributed by atoms with Gasteiger partial charge in [0, 0.05) is 12.2 Å². The van der Waals surface area contributed by atoms with Crippen LogP contribution in [0.5, 0.6) is 17.2 Å². The maximum atomic E-state index is 12.6. The molecule has 0 aliphatic heterocycles. The third-order valence-corrected chi connectivity index (χ3v) is 4.25. The molecule has 2 aromatic carbocycles. The van der Waals surface area contributed by atoms with E-state index in [1.165, 1.54) is 26.2 Å². The van der Waals surface area contributed by atoms with Gasteiger partial charge in [0.05, 0.1) is 40.2 Å². The third-order valence-electron chi connectivity index (χ3n) is 4.25. The molecular formula is C22H24N2O6. The lowest BCUT2D eigenvalue weighted by Crippen LogP contribution is -2.35. The SMILES string of the molecule is COc1cc(CC(=O)OCC(=O)N(CCC#N)c2ccccc2)cc(OC)c1OC. The number of nitriles is 1. The molecule has 0 saturated carbocycles. The second-order valence-electron chi connectivity index (χ2n) is 6.16. The molecule has 0 aromatic heterocycles. The molecule has 0 radical (unpaired) electrons. The zero-order valence-electron chi connectivity index (χ0n) is 17.2. The second-order valence-corrected chi connectivity index (χ2v) is 6.16. The molecule has 0 atom stereocenters. The van der Waals surface area contributed by atoms with E-state index in [1.807, 2.05) is 12.1 Å². The van der Waals surface area contributed by atoms with Crippen molar-refractivity contribution in [3.05, 3.63) is 48.0 Å². The molecule has 158 valence electrons. The van der Waals surface area contributed by atoms with E-state index in [4.69, 9.17) is 24.2 Å². The minimum atomic E-state index is -0.578. The fourth-order valence-corrected chi connectivity index (χ4v) is 2.84. The van der Waals surface area contributed by atoms with Crippen LogP contribution < -0.4 is 19.1 Å². The van der Waals surface area contributed by atoms with Gasteiger partial charge in [-0.3, -0.25) is 9.59 Å². The highest BCUT2D eigenvalue weighted by Gasteiger charge is 2.19. The summed E-state index contributed by atoms with van der Waals surface area (Å²) in [5.74, 6) is 0.272. The van der Waals surface area contributed by atoms with Crippen molar-refractivity contribution in [3.8, 4) is 23.3 Å². The molecule has 0 saturated heterocycles. The van der Waals surface area contributed by atoms with Gasteiger partial charge in [0.15, 0.2) is 18.1 Å². The summed E-state index contributed by atoms with van der Waals surface area (Å²) in [5.41, 5.74) is 1.23. The summed E-state index contributed by atoms with van der Waals surface area (Å²) in [4.78, 5) is 26.3. The van der Waals surface area contributed by atoms with E-state index in [2.05, 4.69) is 0 Å².